The third-order valence-electron chi connectivity index (χ3n) is 2.44. The van der Waals surface area contributed by atoms with Gasteiger partial charge in [0.1, 0.15) is 17.5 Å². The van der Waals surface area contributed by atoms with Gasteiger partial charge in [-0.2, -0.15) is 0 Å². The van der Waals surface area contributed by atoms with Crippen LogP contribution in [0.25, 0.3) is 0 Å². The summed E-state index contributed by atoms with van der Waals surface area (Å²) >= 11 is 0. The Morgan fingerprint density at radius 3 is 2.74 bits per heavy atom. The molecule has 1 heterocycles. The molecule has 0 spiro atoms. The zero-order valence-electron chi connectivity index (χ0n) is 10.2. The summed E-state index contributed by atoms with van der Waals surface area (Å²) in [6.45, 7) is 1.81. The van der Waals surface area contributed by atoms with E-state index in [2.05, 4.69) is 15.3 Å². The largest absolute Gasteiger partial charge is 0.477 e. The first-order valence-electron chi connectivity index (χ1n) is 5.73. The number of carboxylic acid groups (broad SMARTS) is 1. The van der Waals surface area contributed by atoms with Gasteiger partial charge in [-0.1, -0.05) is 19.1 Å². The van der Waals surface area contributed by atoms with Gasteiger partial charge in [-0.3, -0.25) is 0 Å². The molecule has 1 aromatic heterocycles. The second-order valence-electron chi connectivity index (χ2n) is 3.82. The Bertz CT molecular complexity index is 617. The lowest BCUT2D eigenvalue weighted by molar-refractivity contribution is 0.0690. The second kappa shape index (κ2) is 5.43. The maximum atomic E-state index is 13.5. The van der Waals surface area contributed by atoms with Gasteiger partial charge >= 0.3 is 5.97 Å². The number of anilines is 2. The molecule has 0 aliphatic heterocycles. The van der Waals surface area contributed by atoms with E-state index in [-0.39, 0.29) is 17.2 Å². The van der Waals surface area contributed by atoms with Crippen LogP contribution in [0.4, 0.5) is 15.9 Å². The number of benzene rings is 1. The van der Waals surface area contributed by atoms with Crippen LogP contribution >= 0.6 is 0 Å². The lowest BCUT2D eigenvalue weighted by Gasteiger charge is -2.08. The fourth-order valence-corrected chi connectivity index (χ4v) is 1.53. The lowest BCUT2D eigenvalue weighted by atomic mass is 10.3. The monoisotopic (exact) mass is 261 g/mol. The van der Waals surface area contributed by atoms with Crippen molar-refractivity contribution in [2.75, 3.05) is 5.32 Å². The standard InChI is InChI=1S/C13H12FN3O2/c1-2-11-16-10(13(18)19)7-12(17-11)15-9-6-4-3-5-8(9)14/h3-7H,2H2,1H3,(H,18,19)(H,15,16,17). The average Bonchev–Trinajstić information content (AvgIpc) is 2.41. The zero-order chi connectivity index (χ0) is 13.8. The number of nitrogens with one attached hydrogen (secondary N) is 1. The predicted molar refractivity (Wildman–Crippen MR) is 68.1 cm³/mol. The van der Waals surface area contributed by atoms with Gasteiger partial charge < -0.3 is 10.4 Å². The Kier molecular flexibility index (Phi) is 3.70. The SMILES string of the molecule is CCc1nc(Nc2ccccc2F)cc(C(=O)O)n1. The third kappa shape index (κ3) is 3.04. The summed E-state index contributed by atoms with van der Waals surface area (Å²) in [5, 5.41) is 11.7. The first-order chi connectivity index (χ1) is 9.10. The van der Waals surface area contributed by atoms with Gasteiger partial charge in [-0.05, 0) is 12.1 Å². The quantitative estimate of drug-likeness (QED) is 0.884. The summed E-state index contributed by atoms with van der Waals surface area (Å²) < 4.78 is 13.5. The van der Waals surface area contributed by atoms with E-state index in [0.29, 0.717) is 12.2 Å². The number of aromatic carboxylic acids is 1. The molecule has 0 radical (unpaired) electrons. The summed E-state index contributed by atoms with van der Waals surface area (Å²) in [5.41, 5.74) is 0.116. The van der Waals surface area contributed by atoms with Crippen LogP contribution in [0.1, 0.15) is 23.2 Å². The number of carbonyl (C=O) groups is 1. The van der Waals surface area contributed by atoms with Crippen molar-refractivity contribution in [1.82, 2.24) is 9.97 Å². The van der Waals surface area contributed by atoms with E-state index in [4.69, 9.17) is 5.11 Å². The Hall–Kier alpha value is -2.50. The molecule has 2 rings (SSSR count). The molecule has 1 aromatic carbocycles. The van der Waals surface area contributed by atoms with Gasteiger partial charge in [0.05, 0.1) is 5.69 Å². The number of rotatable bonds is 4. The van der Waals surface area contributed by atoms with Gasteiger partial charge in [0.2, 0.25) is 0 Å². The number of aromatic nitrogens is 2. The number of nitrogens with zero attached hydrogens (tertiary/aromatic N) is 2. The molecule has 6 heteroatoms. The molecule has 19 heavy (non-hydrogen) atoms. The minimum Gasteiger partial charge on any atom is -0.477 e. The van der Waals surface area contributed by atoms with Crippen LogP contribution < -0.4 is 5.32 Å². The molecular weight excluding hydrogens is 249 g/mol. The molecule has 2 N–H and O–H groups in total. The van der Waals surface area contributed by atoms with Gasteiger partial charge in [0.15, 0.2) is 5.69 Å². The molecule has 0 aliphatic carbocycles. The normalized spacial score (nSPS) is 10.2. The molecule has 0 aliphatic rings. The van der Waals surface area contributed by atoms with E-state index in [1.807, 2.05) is 6.92 Å². The molecule has 0 saturated heterocycles. The number of halogens is 1. The number of para-hydroxylation sites is 1. The highest BCUT2D eigenvalue weighted by molar-refractivity contribution is 5.86. The molecule has 0 fully saturated rings. The summed E-state index contributed by atoms with van der Waals surface area (Å²) in [6.07, 6.45) is 0.493. The van der Waals surface area contributed by atoms with E-state index in [0.717, 1.165) is 0 Å². The number of aryl methyl sites for hydroxylation is 1. The Labute approximate surface area is 109 Å². The first-order valence-corrected chi connectivity index (χ1v) is 5.73. The molecule has 0 amide bonds. The van der Waals surface area contributed by atoms with Crippen LogP contribution in [0.2, 0.25) is 0 Å². The van der Waals surface area contributed by atoms with E-state index in [9.17, 15) is 9.18 Å². The van der Waals surface area contributed by atoms with Crippen LogP contribution in [-0.2, 0) is 6.42 Å². The number of hydrogen-bond acceptors (Lipinski definition) is 4. The van der Waals surface area contributed by atoms with Crippen molar-refractivity contribution < 1.29 is 14.3 Å². The summed E-state index contributed by atoms with van der Waals surface area (Å²) in [5.74, 6) is -0.933. The zero-order valence-corrected chi connectivity index (χ0v) is 10.2. The molecule has 98 valence electrons. The Morgan fingerprint density at radius 2 is 2.11 bits per heavy atom. The van der Waals surface area contributed by atoms with Crippen LogP contribution in [0.5, 0.6) is 0 Å². The van der Waals surface area contributed by atoms with Crippen molar-refractivity contribution in [3.63, 3.8) is 0 Å². The summed E-state index contributed by atoms with van der Waals surface area (Å²) in [7, 11) is 0. The van der Waals surface area contributed by atoms with Crippen LogP contribution in [0.15, 0.2) is 30.3 Å². The van der Waals surface area contributed by atoms with Crippen molar-refractivity contribution in [3.05, 3.63) is 47.7 Å². The molecule has 0 atom stereocenters. The highest BCUT2D eigenvalue weighted by Gasteiger charge is 2.10. The molecule has 2 aromatic rings. The molecule has 0 bridgehead atoms. The Morgan fingerprint density at radius 1 is 1.37 bits per heavy atom. The maximum Gasteiger partial charge on any atom is 0.354 e. The van der Waals surface area contributed by atoms with Crippen molar-refractivity contribution in [1.29, 1.82) is 0 Å². The van der Waals surface area contributed by atoms with Crippen LogP contribution in [-0.4, -0.2) is 21.0 Å². The fourth-order valence-electron chi connectivity index (χ4n) is 1.53. The smallest absolute Gasteiger partial charge is 0.354 e. The van der Waals surface area contributed by atoms with Crippen LogP contribution in [0, 0.1) is 5.82 Å². The Balaban J connectivity index is 2.37. The summed E-state index contributed by atoms with van der Waals surface area (Å²) in [4.78, 5) is 18.9. The van der Waals surface area contributed by atoms with Gasteiger partial charge in [-0.15, -0.1) is 0 Å². The minimum atomic E-state index is -1.14. The van der Waals surface area contributed by atoms with Gasteiger partial charge in [0.25, 0.3) is 0 Å². The van der Waals surface area contributed by atoms with E-state index in [1.165, 1.54) is 12.1 Å². The van der Waals surface area contributed by atoms with Crippen molar-refractivity contribution >= 4 is 17.5 Å². The lowest BCUT2D eigenvalue weighted by Crippen LogP contribution is -2.07. The fraction of sp³-hybridized carbons (Fsp3) is 0.154. The van der Waals surface area contributed by atoms with Crippen molar-refractivity contribution in [2.45, 2.75) is 13.3 Å². The second-order valence-corrected chi connectivity index (χ2v) is 3.82. The first kappa shape index (κ1) is 12.9. The molecule has 0 saturated carbocycles. The average molecular weight is 261 g/mol. The van der Waals surface area contributed by atoms with Crippen LogP contribution in [0.3, 0.4) is 0 Å². The highest BCUT2D eigenvalue weighted by Crippen LogP contribution is 2.18. The van der Waals surface area contributed by atoms with Crippen molar-refractivity contribution in [2.24, 2.45) is 0 Å². The van der Waals surface area contributed by atoms with E-state index >= 15 is 0 Å². The molecule has 5 nitrogen and oxygen atoms in total. The minimum absolute atomic E-state index is 0.120. The number of hydrogen-bond donors (Lipinski definition) is 2. The summed E-state index contributed by atoms with van der Waals surface area (Å²) in [6, 6.07) is 7.37. The molecular formula is C13H12FN3O2. The topological polar surface area (TPSA) is 75.1 Å². The van der Waals surface area contributed by atoms with Gasteiger partial charge in [-0.25, -0.2) is 19.2 Å². The predicted octanol–water partition coefficient (Wildman–Crippen LogP) is 2.62. The van der Waals surface area contributed by atoms with E-state index < -0.39 is 11.8 Å². The highest BCUT2D eigenvalue weighted by atomic mass is 19.1. The van der Waals surface area contributed by atoms with Crippen molar-refractivity contribution in [3.8, 4) is 0 Å². The maximum absolute atomic E-state index is 13.5. The third-order valence-corrected chi connectivity index (χ3v) is 2.44. The number of carboxylic acids is 1. The van der Waals surface area contributed by atoms with Gasteiger partial charge in [0, 0.05) is 12.5 Å². The molecule has 0 unspecified atom stereocenters. The van der Waals surface area contributed by atoms with E-state index in [1.54, 1.807) is 18.2 Å².